The molecule has 0 aliphatic carbocycles. The lowest BCUT2D eigenvalue weighted by molar-refractivity contribution is 0.102. The van der Waals surface area contributed by atoms with Crippen LogP contribution in [0.5, 0.6) is 0 Å². The molecule has 0 heterocycles. The van der Waals surface area contributed by atoms with E-state index in [1.54, 1.807) is 18.2 Å². The van der Waals surface area contributed by atoms with E-state index < -0.39 is 10.0 Å². The van der Waals surface area contributed by atoms with Gasteiger partial charge in [-0.25, -0.2) is 8.42 Å². The Morgan fingerprint density at radius 1 is 0.893 bits per heavy atom. The Hall–Kier alpha value is -3.12. The third-order valence-corrected chi connectivity index (χ3v) is 5.71. The molecule has 6 heteroatoms. The van der Waals surface area contributed by atoms with E-state index in [9.17, 15) is 13.2 Å². The van der Waals surface area contributed by atoms with Gasteiger partial charge in [-0.1, -0.05) is 31.2 Å². The van der Waals surface area contributed by atoms with Crippen LogP contribution in [-0.4, -0.2) is 14.3 Å². The Kier molecular flexibility index (Phi) is 5.80. The first-order valence-corrected chi connectivity index (χ1v) is 10.5. The molecule has 0 saturated heterocycles. The number of rotatable bonds is 6. The molecule has 3 aromatic rings. The summed E-state index contributed by atoms with van der Waals surface area (Å²) in [5, 5.41) is 2.80. The zero-order valence-electron chi connectivity index (χ0n) is 15.8. The summed E-state index contributed by atoms with van der Waals surface area (Å²) >= 11 is 0. The average molecular weight is 394 g/mol. The zero-order chi connectivity index (χ0) is 20.1. The monoisotopic (exact) mass is 394 g/mol. The number of carbonyl (C=O) groups excluding carboxylic acids is 1. The third-order valence-electron chi connectivity index (χ3n) is 4.32. The standard InChI is InChI=1S/C22H22N2O3S/c1-3-17-7-11-19(12-8-17)24-28(26,27)21-13-9-18(10-14-21)22(25)23-20-6-4-5-16(2)15-20/h4-15,24H,3H2,1-2H3,(H,23,25). The van der Waals surface area contributed by atoms with E-state index in [1.165, 1.54) is 24.3 Å². The number of nitrogens with one attached hydrogen (secondary N) is 2. The number of hydrogen-bond donors (Lipinski definition) is 2. The average Bonchev–Trinajstić information content (AvgIpc) is 2.68. The fourth-order valence-corrected chi connectivity index (χ4v) is 3.79. The second-order valence-corrected chi connectivity index (χ2v) is 8.19. The van der Waals surface area contributed by atoms with Gasteiger partial charge in [0.2, 0.25) is 0 Å². The highest BCUT2D eigenvalue weighted by Gasteiger charge is 2.15. The van der Waals surface area contributed by atoms with Gasteiger partial charge in [0, 0.05) is 16.9 Å². The Balaban J connectivity index is 1.72. The Bertz CT molecular complexity index is 1070. The maximum Gasteiger partial charge on any atom is 0.261 e. The number of amides is 1. The summed E-state index contributed by atoms with van der Waals surface area (Å²) in [6, 6.07) is 20.6. The second-order valence-electron chi connectivity index (χ2n) is 6.50. The Morgan fingerprint density at radius 2 is 1.57 bits per heavy atom. The van der Waals surface area contributed by atoms with Gasteiger partial charge in [0.05, 0.1) is 4.90 Å². The van der Waals surface area contributed by atoms with Crippen LogP contribution in [0.4, 0.5) is 11.4 Å². The van der Waals surface area contributed by atoms with Gasteiger partial charge < -0.3 is 5.32 Å². The molecule has 3 aromatic carbocycles. The van der Waals surface area contributed by atoms with Gasteiger partial charge in [0.25, 0.3) is 15.9 Å². The molecule has 1 amide bonds. The summed E-state index contributed by atoms with van der Waals surface area (Å²) in [4.78, 5) is 12.5. The zero-order valence-corrected chi connectivity index (χ0v) is 16.6. The minimum absolute atomic E-state index is 0.0965. The van der Waals surface area contributed by atoms with Crippen LogP contribution in [0.3, 0.4) is 0 Å². The molecular formula is C22H22N2O3S. The molecule has 0 aliphatic heterocycles. The highest BCUT2D eigenvalue weighted by Crippen LogP contribution is 2.18. The highest BCUT2D eigenvalue weighted by atomic mass is 32.2. The molecule has 0 aromatic heterocycles. The predicted molar refractivity (Wildman–Crippen MR) is 112 cm³/mol. The molecule has 3 rings (SSSR count). The molecule has 28 heavy (non-hydrogen) atoms. The number of sulfonamides is 1. The summed E-state index contributed by atoms with van der Waals surface area (Å²) in [5.41, 5.74) is 3.74. The van der Waals surface area contributed by atoms with Crippen LogP contribution in [-0.2, 0) is 16.4 Å². The summed E-state index contributed by atoms with van der Waals surface area (Å²) in [6.07, 6.45) is 0.888. The molecule has 0 radical (unpaired) electrons. The van der Waals surface area contributed by atoms with Gasteiger partial charge in [0.1, 0.15) is 0 Å². The van der Waals surface area contributed by atoms with Crippen molar-refractivity contribution in [1.82, 2.24) is 0 Å². The number of carbonyl (C=O) groups is 1. The first kappa shape index (κ1) is 19.6. The first-order chi connectivity index (χ1) is 13.4. The van der Waals surface area contributed by atoms with Gasteiger partial charge in [-0.3, -0.25) is 9.52 Å². The number of aryl methyl sites for hydroxylation is 2. The summed E-state index contributed by atoms with van der Waals surface area (Å²) < 4.78 is 27.7. The quantitative estimate of drug-likeness (QED) is 0.641. The summed E-state index contributed by atoms with van der Waals surface area (Å²) in [6.45, 7) is 3.98. The first-order valence-electron chi connectivity index (χ1n) is 8.97. The van der Waals surface area contributed by atoms with Crippen LogP contribution in [0.2, 0.25) is 0 Å². The van der Waals surface area contributed by atoms with Crippen LogP contribution in [0.1, 0.15) is 28.4 Å². The van der Waals surface area contributed by atoms with Crippen LogP contribution in [0, 0.1) is 6.92 Å². The van der Waals surface area contributed by atoms with Crippen LogP contribution in [0.15, 0.2) is 77.7 Å². The maximum atomic E-state index is 12.6. The van der Waals surface area contributed by atoms with Gasteiger partial charge >= 0.3 is 0 Å². The number of anilines is 2. The van der Waals surface area contributed by atoms with E-state index in [-0.39, 0.29) is 10.8 Å². The van der Waals surface area contributed by atoms with Crippen molar-refractivity contribution < 1.29 is 13.2 Å². The Labute approximate surface area is 165 Å². The van der Waals surface area contributed by atoms with Crippen molar-refractivity contribution in [3.63, 3.8) is 0 Å². The van der Waals surface area contributed by atoms with Crippen molar-refractivity contribution in [3.05, 3.63) is 89.5 Å². The molecule has 0 atom stereocenters. The maximum absolute atomic E-state index is 12.6. The van der Waals surface area contributed by atoms with Gasteiger partial charge in [-0.05, 0) is 73.0 Å². The topological polar surface area (TPSA) is 75.3 Å². The van der Waals surface area contributed by atoms with Crippen molar-refractivity contribution in [2.75, 3.05) is 10.0 Å². The third kappa shape index (κ3) is 4.78. The molecule has 0 bridgehead atoms. The second kappa shape index (κ2) is 8.27. The van der Waals surface area contributed by atoms with Crippen molar-refractivity contribution in [2.24, 2.45) is 0 Å². The normalized spacial score (nSPS) is 11.1. The van der Waals surface area contributed by atoms with Gasteiger partial charge in [0.15, 0.2) is 0 Å². The molecule has 0 saturated carbocycles. The number of benzene rings is 3. The highest BCUT2D eigenvalue weighted by molar-refractivity contribution is 7.92. The smallest absolute Gasteiger partial charge is 0.261 e. The molecule has 144 valence electrons. The lowest BCUT2D eigenvalue weighted by atomic mass is 10.2. The number of hydrogen-bond acceptors (Lipinski definition) is 3. The molecule has 0 unspecified atom stereocenters. The van der Waals surface area contributed by atoms with Crippen LogP contribution < -0.4 is 10.0 Å². The van der Waals surface area contributed by atoms with Gasteiger partial charge in [-0.2, -0.15) is 0 Å². The molecule has 2 N–H and O–H groups in total. The van der Waals surface area contributed by atoms with Crippen molar-refractivity contribution >= 4 is 27.3 Å². The van der Waals surface area contributed by atoms with E-state index in [0.29, 0.717) is 16.9 Å². The minimum atomic E-state index is -3.72. The predicted octanol–water partition coefficient (Wildman–Crippen LogP) is 4.61. The summed E-state index contributed by atoms with van der Waals surface area (Å²) in [5.74, 6) is -0.294. The molecule has 0 fully saturated rings. The molecule has 5 nitrogen and oxygen atoms in total. The summed E-state index contributed by atoms with van der Waals surface area (Å²) in [7, 11) is -3.72. The largest absolute Gasteiger partial charge is 0.322 e. The lowest BCUT2D eigenvalue weighted by Gasteiger charge is -2.10. The van der Waals surface area contributed by atoms with Gasteiger partial charge in [-0.15, -0.1) is 0 Å². The fraction of sp³-hybridized carbons (Fsp3) is 0.136. The van der Waals surface area contributed by atoms with E-state index in [4.69, 9.17) is 0 Å². The van der Waals surface area contributed by atoms with Crippen molar-refractivity contribution in [2.45, 2.75) is 25.2 Å². The van der Waals surface area contributed by atoms with Crippen LogP contribution in [0.25, 0.3) is 0 Å². The lowest BCUT2D eigenvalue weighted by Crippen LogP contribution is -2.15. The Morgan fingerprint density at radius 3 is 2.18 bits per heavy atom. The van der Waals surface area contributed by atoms with E-state index in [2.05, 4.69) is 10.0 Å². The molecule has 0 aliphatic rings. The molecular weight excluding hydrogens is 372 g/mol. The fourth-order valence-electron chi connectivity index (χ4n) is 2.73. The van der Waals surface area contributed by atoms with Crippen LogP contribution >= 0.6 is 0 Å². The minimum Gasteiger partial charge on any atom is -0.322 e. The van der Waals surface area contributed by atoms with Crippen molar-refractivity contribution in [3.8, 4) is 0 Å². The molecule has 0 spiro atoms. The van der Waals surface area contributed by atoms with Crippen molar-refractivity contribution in [1.29, 1.82) is 0 Å². The van der Waals surface area contributed by atoms with E-state index >= 15 is 0 Å². The SMILES string of the molecule is CCc1ccc(NS(=O)(=O)c2ccc(C(=O)Nc3cccc(C)c3)cc2)cc1. The van der Waals surface area contributed by atoms with E-state index in [1.807, 2.05) is 44.2 Å². The van der Waals surface area contributed by atoms with E-state index in [0.717, 1.165) is 17.5 Å².